The maximum Gasteiger partial charge on any atom is 0.272 e. The number of nitrogens with one attached hydrogen (secondary N) is 1. The maximum absolute atomic E-state index is 12.7. The van der Waals surface area contributed by atoms with Gasteiger partial charge in [-0.05, 0) is 40.2 Å². The third-order valence-corrected chi connectivity index (χ3v) is 3.57. The predicted octanol–water partition coefficient (Wildman–Crippen LogP) is 3.41. The Hall–Kier alpha value is -1.53. The Morgan fingerprint density at radius 2 is 2.11 bits per heavy atom. The summed E-state index contributed by atoms with van der Waals surface area (Å²) in [6, 6.07) is 9.97. The quantitative estimate of drug-likeness (QED) is 0.681. The lowest BCUT2D eigenvalue weighted by atomic mass is 10.2. The summed E-state index contributed by atoms with van der Waals surface area (Å²) in [6.45, 7) is 0. The lowest BCUT2D eigenvalue weighted by molar-refractivity contribution is 0.0954. The molecule has 0 aliphatic carbocycles. The second kappa shape index (κ2) is 5.88. The van der Waals surface area contributed by atoms with Gasteiger partial charge in [-0.3, -0.25) is 4.79 Å². The first-order valence-corrected chi connectivity index (χ1v) is 6.61. The van der Waals surface area contributed by atoms with Crippen molar-refractivity contribution in [2.75, 3.05) is 0 Å². The van der Waals surface area contributed by atoms with E-state index in [0.717, 1.165) is 11.3 Å². The molecule has 0 saturated heterocycles. The molecule has 0 bridgehead atoms. The van der Waals surface area contributed by atoms with Crippen molar-refractivity contribution in [1.29, 1.82) is 0 Å². The molecule has 0 radical (unpaired) electrons. The fourth-order valence-corrected chi connectivity index (χ4v) is 2.33. The standard InChI is InChI=1S/C12H8BrFN2OS/c13-10-4-2-1-3-9(10)12(17)16-15-7-8-5-6-11(14)18-8/h1-7H,(H,16,17)/b15-7+. The number of carbonyl (C=O) groups is 1. The van der Waals surface area contributed by atoms with Gasteiger partial charge >= 0.3 is 0 Å². The molecule has 6 heteroatoms. The minimum Gasteiger partial charge on any atom is -0.267 e. The van der Waals surface area contributed by atoms with E-state index in [1.54, 1.807) is 24.3 Å². The van der Waals surface area contributed by atoms with Gasteiger partial charge in [0.2, 0.25) is 0 Å². The van der Waals surface area contributed by atoms with Gasteiger partial charge in [0, 0.05) is 4.47 Å². The van der Waals surface area contributed by atoms with E-state index in [0.29, 0.717) is 14.9 Å². The Morgan fingerprint density at radius 1 is 1.33 bits per heavy atom. The number of halogens is 2. The van der Waals surface area contributed by atoms with Gasteiger partial charge < -0.3 is 0 Å². The second-order valence-electron chi connectivity index (χ2n) is 3.32. The van der Waals surface area contributed by atoms with Crippen molar-refractivity contribution in [3.8, 4) is 0 Å². The summed E-state index contributed by atoms with van der Waals surface area (Å²) >= 11 is 4.24. The first kappa shape index (κ1) is 12.9. The van der Waals surface area contributed by atoms with E-state index in [-0.39, 0.29) is 11.0 Å². The fraction of sp³-hybridized carbons (Fsp3) is 0. The zero-order chi connectivity index (χ0) is 13.0. The van der Waals surface area contributed by atoms with Gasteiger partial charge in [-0.25, -0.2) is 5.43 Å². The number of thiophene rings is 1. The van der Waals surface area contributed by atoms with E-state index >= 15 is 0 Å². The van der Waals surface area contributed by atoms with Gasteiger partial charge in [-0.1, -0.05) is 12.1 Å². The summed E-state index contributed by atoms with van der Waals surface area (Å²) in [7, 11) is 0. The highest BCUT2D eigenvalue weighted by atomic mass is 79.9. The molecule has 0 fully saturated rings. The number of carbonyl (C=O) groups excluding carboxylic acids is 1. The van der Waals surface area contributed by atoms with Crippen molar-refractivity contribution in [2.45, 2.75) is 0 Å². The number of rotatable bonds is 3. The van der Waals surface area contributed by atoms with E-state index < -0.39 is 0 Å². The van der Waals surface area contributed by atoms with Crippen LogP contribution in [-0.4, -0.2) is 12.1 Å². The number of benzene rings is 1. The molecule has 2 aromatic rings. The van der Waals surface area contributed by atoms with Crippen LogP contribution >= 0.6 is 27.3 Å². The van der Waals surface area contributed by atoms with E-state index in [4.69, 9.17) is 0 Å². The molecular formula is C12H8BrFN2OS. The predicted molar refractivity (Wildman–Crippen MR) is 73.5 cm³/mol. The van der Waals surface area contributed by atoms with Crippen LogP contribution in [0.1, 0.15) is 15.2 Å². The second-order valence-corrected chi connectivity index (χ2v) is 5.24. The summed E-state index contributed by atoms with van der Waals surface area (Å²) < 4.78 is 13.4. The molecule has 1 heterocycles. The molecule has 0 saturated carbocycles. The Bertz CT molecular complexity index is 597. The maximum atomic E-state index is 12.7. The van der Waals surface area contributed by atoms with Crippen LogP contribution in [0.25, 0.3) is 0 Å². The Kier molecular flexibility index (Phi) is 4.22. The molecule has 1 N–H and O–H groups in total. The molecule has 2 rings (SSSR count). The van der Waals surface area contributed by atoms with Crippen molar-refractivity contribution in [1.82, 2.24) is 5.43 Å². The smallest absolute Gasteiger partial charge is 0.267 e. The SMILES string of the molecule is O=C(N/N=C/c1ccc(F)s1)c1ccccc1Br. The first-order chi connectivity index (χ1) is 8.66. The zero-order valence-electron chi connectivity index (χ0n) is 9.06. The fourth-order valence-electron chi connectivity index (χ4n) is 1.26. The Morgan fingerprint density at radius 3 is 2.78 bits per heavy atom. The number of amides is 1. The van der Waals surface area contributed by atoms with Crippen molar-refractivity contribution < 1.29 is 9.18 Å². The normalized spacial score (nSPS) is 10.8. The summed E-state index contributed by atoms with van der Waals surface area (Å²) in [4.78, 5) is 12.4. The summed E-state index contributed by atoms with van der Waals surface area (Å²) in [5.41, 5.74) is 2.87. The zero-order valence-corrected chi connectivity index (χ0v) is 11.5. The molecule has 0 atom stereocenters. The molecule has 3 nitrogen and oxygen atoms in total. The van der Waals surface area contributed by atoms with E-state index in [1.165, 1.54) is 12.3 Å². The third kappa shape index (κ3) is 3.24. The minimum absolute atomic E-state index is 0.284. The number of hydrogen-bond acceptors (Lipinski definition) is 3. The van der Waals surface area contributed by atoms with Crippen LogP contribution in [0.4, 0.5) is 4.39 Å². The highest BCUT2D eigenvalue weighted by Gasteiger charge is 2.07. The number of nitrogens with zero attached hydrogens (tertiary/aromatic N) is 1. The van der Waals surface area contributed by atoms with Gasteiger partial charge in [-0.15, -0.1) is 11.3 Å². The van der Waals surface area contributed by atoms with Crippen LogP contribution in [0.15, 0.2) is 46.0 Å². The van der Waals surface area contributed by atoms with Crippen molar-refractivity contribution in [3.05, 3.63) is 56.4 Å². The lowest BCUT2D eigenvalue weighted by Crippen LogP contribution is -2.17. The summed E-state index contributed by atoms with van der Waals surface area (Å²) in [5.74, 6) is -0.323. The third-order valence-electron chi connectivity index (χ3n) is 2.07. The summed E-state index contributed by atoms with van der Waals surface area (Å²) in [6.07, 6.45) is 1.41. The average molecular weight is 327 g/mol. The van der Waals surface area contributed by atoms with Gasteiger partial charge in [-0.2, -0.15) is 9.49 Å². The molecule has 1 amide bonds. The molecule has 1 aromatic heterocycles. The molecule has 0 spiro atoms. The lowest BCUT2D eigenvalue weighted by Gasteiger charge is -2.01. The van der Waals surface area contributed by atoms with Crippen molar-refractivity contribution in [3.63, 3.8) is 0 Å². The topological polar surface area (TPSA) is 41.5 Å². The van der Waals surface area contributed by atoms with Crippen LogP contribution < -0.4 is 5.43 Å². The van der Waals surface area contributed by atoms with Crippen LogP contribution in [0, 0.1) is 5.13 Å². The molecule has 0 aliphatic heterocycles. The van der Waals surface area contributed by atoms with Gasteiger partial charge in [0.15, 0.2) is 5.13 Å². The van der Waals surface area contributed by atoms with Crippen LogP contribution in [0.3, 0.4) is 0 Å². The Labute approximate surface area is 115 Å². The number of hydrazone groups is 1. The molecule has 1 aromatic carbocycles. The Balaban J connectivity index is 2.01. The van der Waals surface area contributed by atoms with Gasteiger partial charge in [0.05, 0.1) is 16.7 Å². The van der Waals surface area contributed by atoms with Crippen molar-refractivity contribution in [2.24, 2.45) is 5.10 Å². The first-order valence-electron chi connectivity index (χ1n) is 5.00. The average Bonchev–Trinajstić information content (AvgIpc) is 2.75. The van der Waals surface area contributed by atoms with Crippen molar-refractivity contribution >= 4 is 39.4 Å². The minimum atomic E-state index is -0.323. The molecule has 0 unspecified atom stereocenters. The largest absolute Gasteiger partial charge is 0.272 e. The van der Waals surface area contributed by atoms with Gasteiger partial charge in [0.1, 0.15) is 0 Å². The summed E-state index contributed by atoms with van der Waals surface area (Å²) in [5, 5.41) is 3.49. The van der Waals surface area contributed by atoms with Crippen LogP contribution in [-0.2, 0) is 0 Å². The number of hydrogen-bond donors (Lipinski definition) is 1. The molecular weight excluding hydrogens is 319 g/mol. The van der Waals surface area contributed by atoms with Crippen LogP contribution in [0.2, 0.25) is 0 Å². The van der Waals surface area contributed by atoms with E-state index in [9.17, 15) is 9.18 Å². The monoisotopic (exact) mass is 326 g/mol. The molecule has 92 valence electrons. The molecule has 18 heavy (non-hydrogen) atoms. The van der Waals surface area contributed by atoms with E-state index in [1.807, 2.05) is 6.07 Å². The highest BCUT2D eigenvalue weighted by Crippen LogP contribution is 2.15. The highest BCUT2D eigenvalue weighted by molar-refractivity contribution is 9.10. The van der Waals surface area contributed by atoms with Gasteiger partial charge in [0.25, 0.3) is 5.91 Å². The van der Waals surface area contributed by atoms with Crippen LogP contribution in [0.5, 0.6) is 0 Å². The van der Waals surface area contributed by atoms with E-state index in [2.05, 4.69) is 26.5 Å². The molecule has 0 aliphatic rings.